The van der Waals surface area contributed by atoms with Gasteiger partial charge in [0.25, 0.3) is 10.0 Å². The van der Waals surface area contributed by atoms with Gasteiger partial charge in [-0.3, -0.25) is 4.90 Å². The maximum absolute atomic E-state index is 13.0. The van der Waals surface area contributed by atoms with E-state index in [0.717, 1.165) is 29.8 Å². The van der Waals surface area contributed by atoms with Crippen molar-refractivity contribution in [1.82, 2.24) is 8.87 Å². The molecule has 0 radical (unpaired) electrons. The third-order valence-corrected chi connectivity index (χ3v) is 6.88. The molecule has 0 aliphatic carbocycles. The van der Waals surface area contributed by atoms with Crippen molar-refractivity contribution in [3.63, 3.8) is 0 Å². The molecule has 3 aromatic rings. The van der Waals surface area contributed by atoms with Crippen LogP contribution in [0.4, 0.5) is 13.2 Å². The standard InChI is InChI=1S/C20H22N2O3S.C2HF3O2/c1-15(2)21-12-13-25-20-9-8-19-17(18(20)14-21)10-11-22(19)26(23,24)16-6-4-3-5-7-16;3-2(4,5)1(6)7/h3-11,15H,12-14H2,1-2H3;(H,6,7). The first-order valence-electron chi connectivity index (χ1n) is 10.0. The lowest BCUT2D eigenvalue weighted by Gasteiger charge is -2.23. The predicted molar refractivity (Wildman–Crippen MR) is 116 cm³/mol. The van der Waals surface area contributed by atoms with Gasteiger partial charge in [-0.2, -0.15) is 13.2 Å². The molecule has 0 saturated heterocycles. The number of rotatable bonds is 3. The molecule has 0 spiro atoms. The molecule has 2 aromatic carbocycles. The lowest BCUT2D eigenvalue weighted by molar-refractivity contribution is -0.192. The Balaban J connectivity index is 0.000000383. The Morgan fingerprint density at radius 3 is 2.30 bits per heavy atom. The fourth-order valence-corrected chi connectivity index (χ4v) is 4.81. The van der Waals surface area contributed by atoms with Gasteiger partial charge >= 0.3 is 12.1 Å². The van der Waals surface area contributed by atoms with Crippen LogP contribution in [-0.4, -0.2) is 53.7 Å². The summed E-state index contributed by atoms with van der Waals surface area (Å²) in [6, 6.07) is 14.5. The van der Waals surface area contributed by atoms with Crippen LogP contribution in [0.25, 0.3) is 10.9 Å². The Bertz CT molecular complexity index is 1240. The van der Waals surface area contributed by atoms with Gasteiger partial charge < -0.3 is 9.84 Å². The van der Waals surface area contributed by atoms with Gasteiger partial charge in [-0.1, -0.05) is 18.2 Å². The van der Waals surface area contributed by atoms with Gasteiger partial charge in [0.1, 0.15) is 12.4 Å². The molecule has 1 aliphatic rings. The molecule has 0 atom stereocenters. The number of aromatic nitrogens is 1. The van der Waals surface area contributed by atoms with Crippen LogP contribution < -0.4 is 4.74 Å². The van der Waals surface area contributed by atoms with E-state index >= 15 is 0 Å². The SMILES string of the molecule is CC(C)N1CCOc2ccc3c(ccn3S(=O)(=O)c3ccccc3)c2C1.O=C(O)C(F)(F)F. The highest BCUT2D eigenvalue weighted by Gasteiger charge is 2.38. The second-order valence-corrected chi connectivity index (χ2v) is 9.44. The number of ether oxygens (including phenoxy) is 1. The predicted octanol–water partition coefficient (Wildman–Crippen LogP) is 4.11. The highest BCUT2D eigenvalue weighted by molar-refractivity contribution is 7.90. The zero-order valence-corrected chi connectivity index (χ0v) is 18.7. The molecule has 0 bridgehead atoms. The molecule has 0 amide bonds. The number of halogens is 3. The van der Waals surface area contributed by atoms with E-state index in [2.05, 4.69) is 18.7 Å². The number of nitrogens with zero attached hydrogens (tertiary/aromatic N) is 2. The van der Waals surface area contributed by atoms with Crippen molar-refractivity contribution in [2.75, 3.05) is 13.2 Å². The molecule has 178 valence electrons. The first-order chi connectivity index (χ1) is 15.4. The van der Waals surface area contributed by atoms with Crippen molar-refractivity contribution in [3.8, 4) is 5.75 Å². The van der Waals surface area contributed by atoms with Crippen molar-refractivity contribution in [2.45, 2.75) is 37.5 Å². The van der Waals surface area contributed by atoms with Crippen LogP contribution in [0.5, 0.6) is 5.75 Å². The van der Waals surface area contributed by atoms with Crippen LogP contribution in [0.15, 0.2) is 59.6 Å². The minimum absolute atomic E-state index is 0.285. The van der Waals surface area contributed by atoms with Crippen LogP contribution in [-0.2, 0) is 21.4 Å². The topological polar surface area (TPSA) is 88.8 Å². The Labute approximate surface area is 189 Å². The summed E-state index contributed by atoms with van der Waals surface area (Å²) >= 11 is 0. The maximum atomic E-state index is 13.0. The minimum atomic E-state index is -5.08. The summed E-state index contributed by atoms with van der Waals surface area (Å²) in [5.41, 5.74) is 1.73. The van der Waals surface area contributed by atoms with Crippen molar-refractivity contribution in [1.29, 1.82) is 0 Å². The lowest BCUT2D eigenvalue weighted by Crippen LogP contribution is -2.32. The van der Waals surface area contributed by atoms with Gasteiger partial charge in [-0.05, 0) is 44.2 Å². The summed E-state index contributed by atoms with van der Waals surface area (Å²) in [5, 5.41) is 8.05. The van der Waals surface area contributed by atoms with Crippen LogP contribution in [0.2, 0.25) is 0 Å². The van der Waals surface area contributed by atoms with Gasteiger partial charge in [-0.15, -0.1) is 0 Å². The summed E-state index contributed by atoms with van der Waals surface area (Å²) in [6.07, 6.45) is -3.45. The van der Waals surface area contributed by atoms with Crippen LogP contribution >= 0.6 is 0 Å². The fourth-order valence-electron chi connectivity index (χ4n) is 3.44. The van der Waals surface area contributed by atoms with E-state index in [9.17, 15) is 21.6 Å². The largest absolute Gasteiger partial charge is 0.492 e. The molecule has 7 nitrogen and oxygen atoms in total. The summed E-state index contributed by atoms with van der Waals surface area (Å²) < 4.78 is 65.1. The number of hydrogen-bond acceptors (Lipinski definition) is 5. The van der Waals surface area contributed by atoms with Crippen molar-refractivity contribution in [3.05, 3.63) is 60.3 Å². The average molecular weight is 484 g/mol. The van der Waals surface area contributed by atoms with Gasteiger partial charge in [0.05, 0.1) is 10.4 Å². The molecular weight excluding hydrogens is 461 g/mol. The number of benzene rings is 2. The molecule has 2 heterocycles. The highest BCUT2D eigenvalue weighted by Crippen LogP contribution is 2.33. The minimum Gasteiger partial charge on any atom is -0.492 e. The van der Waals surface area contributed by atoms with E-state index in [-0.39, 0.29) is 4.90 Å². The van der Waals surface area contributed by atoms with Crippen LogP contribution in [0.3, 0.4) is 0 Å². The molecule has 0 saturated carbocycles. The molecule has 1 aliphatic heterocycles. The summed E-state index contributed by atoms with van der Waals surface area (Å²) in [6.45, 7) is 6.57. The van der Waals surface area contributed by atoms with Crippen molar-refractivity contribution in [2.24, 2.45) is 0 Å². The van der Waals surface area contributed by atoms with E-state index in [0.29, 0.717) is 18.2 Å². The summed E-state index contributed by atoms with van der Waals surface area (Å²) in [4.78, 5) is 11.5. The summed E-state index contributed by atoms with van der Waals surface area (Å²) in [7, 11) is -3.63. The Hall–Kier alpha value is -3.05. The number of carbonyl (C=O) groups is 1. The van der Waals surface area contributed by atoms with Gasteiger partial charge in [0.15, 0.2) is 0 Å². The van der Waals surface area contributed by atoms with Crippen LogP contribution in [0, 0.1) is 0 Å². The number of aliphatic carboxylic acids is 1. The maximum Gasteiger partial charge on any atom is 0.490 e. The second-order valence-electron chi connectivity index (χ2n) is 7.62. The highest BCUT2D eigenvalue weighted by atomic mass is 32.2. The zero-order valence-electron chi connectivity index (χ0n) is 17.9. The van der Waals surface area contributed by atoms with Crippen molar-refractivity contribution >= 4 is 26.9 Å². The second kappa shape index (κ2) is 9.44. The number of carboxylic acid groups (broad SMARTS) is 1. The monoisotopic (exact) mass is 484 g/mol. The van der Waals surface area contributed by atoms with Crippen LogP contribution in [0.1, 0.15) is 19.4 Å². The third kappa shape index (κ3) is 5.31. The molecule has 1 aromatic heterocycles. The molecule has 33 heavy (non-hydrogen) atoms. The van der Waals surface area contributed by atoms with Crippen molar-refractivity contribution < 1.29 is 36.2 Å². The average Bonchev–Trinajstić information content (AvgIpc) is 3.07. The smallest absolute Gasteiger partial charge is 0.490 e. The van der Waals surface area contributed by atoms with E-state index in [1.165, 1.54) is 3.97 Å². The number of hydrogen-bond donors (Lipinski definition) is 1. The summed E-state index contributed by atoms with van der Waals surface area (Å²) in [5.74, 6) is -1.91. The molecule has 1 N–H and O–H groups in total. The molecule has 0 fully saturated rings. The van der Waals surface area contributed by atoms with E-state index in [4.69, 9.17) is 14.6 Å². The third-order valence-electron chi connectivity index (χ3n) is 5.18. The molecule has 4 rings (SSSR count). The Kier molecular flexibility index (Phi) is 7.03. The molecular formula is C22H23F3N2O5S. The number of fused-ring (bicyclic) bond motifs is 3. The number of alkyl halides is 3. The Morgan fingerprint density at radius 1 is 1.09 bits per heavy atom. The van der Waals surface area contributed by atoms with E-state index < -0.39 is 22.2 Å². The van der Waals surface area contributed by atoms with Gasteiger partial charge in [0, 0.05) is 36.3 Å². The van der Waals surface area contributed by atoms with E-state index in [1.807, 2.05) is 24.3 Å². The molecule has 11 heteroatoms. The first-order valence-corrected chi connectivity index (χ1v) is 11.5. The molecule has 0 unspecified atom stereocenters. The fraction of sp³-hybridized carbons (Fsp3) is 0.318. The lowest BCUT2D eigenvalue weighted by atomic mass is 10.1. The first kappa shape index (κ1) is 24.6. The quantitative estimate of drug-likeness (QED) is 0.602. The zero-order chi connectivity index (χ0) is 24.4. The number of carboxylic acids is 1. The van der Waals surface area contributed by atoms with Gasteiger partial charge in [-0.25, -0.2) is 17.2 Å². The Morgan fingerprint density at radius 2 is 1.73 bits per heavy atom. The van der Waals surface area contributed by atoms with Gasteiger partial charge in [0.2, 0.25) is 0 Å². The van der Waals surface area contributed by atoms with E-state index in [1.54, 1.807) is 30.5 Å². The normalized spacial score (nSPS) is 14.7.